The van der Waals surface area contributed by atoms with Crippen LogP contribution in [0.3, 0.4) is 0 Å². The summed E-state index contributed by atoms with van der Waals surface area (Å²) in [6.07, 6.45) is 4.78. The number of halogens is 2. The third kappa shape index (κ3) is 5.56. The molecule has 36 heavy (non-hydrogen) atoms. The molecule has 2 aliphatic heterocycles. The Morgan fingerprint density at radius 1 is 1.25 bits per heavy atom. The van der Waals surface area contributed by atoms with E-state index in [9.17, 15) is 9.59 Å². The topological polar surface area (TPSA) is 116 Å². The predicted molar refractivity (Wildman–Crippen MR) is 132 cm³/mol. The Labute approximate surface area is 208 Å². The predicted octanol–water partition coefficient (Wildman–Crippen LogP) is 2.37. The molecule has 0 unspecified atom stereocenters. The van der Waals surface area contributed by atoms with Gasteiger partial charge in [0.2, 0.25) is 17.6 Å². The molecule has 9 nitrogen and oxygen atoms in total. The normalized spacial score (nSPS) is 19.3. The largest absolute Gasteiger partial charge is 0.369 e. The van der Waals surface area contributed by atoms with Gasteiger partial charge in [0, 0.05) is 37.8 Å². The Hall–Kier alpha value is -3.34. The first-order valence-electron chi connectivity index (χ1n) is 12.4. The molecule has 0 bridgehead atoms. The minimum atomic E-state index is -1.53. The van der Waals surface area contributed by atoms with Gasteiger partial charge in [-0.3, -0.25) is 14.5 Å². The first-order valence-corrected chi connectivity index (χ1v) is 12.4. The molecule has 192 valence electrons. The van der Waals surface area contributed by atoms with Crippen molar-refractivity contribution in [1.82, 2.24) is 14.9 Å². The van der Waals surface area contributed by atoms with Gasteiger partial charge in [-0.2, -0.15) is 4.39 Å². The van der Waals surface area contributed by atoms with Crippen LogP contribution < -0.4 is 21.3 Å². The van der Waals surface area contributed by atoms with E-state index in [4.69, 9.17) is 5.73 Å². The summed E-state index contributed by atoms with van der Waals surface area (Å²) < 4.78 is 30.9. The van der Waals surface area contributed by atoms with E-state index < -0.39 is 17.4 Å². The van der Waals surface area contributed by atoms with Crippen molar-refractivity contribution >= 4 is 29.1 Å². The molecule has 1 aromatic carbocycles. The summed E-state index contributed by atoms with van der Waals surface area (Å²) in [5.41, 5.74) is 6.61. The van der Waals surface area contributed by atoms with Gasteiger partial charge in [-0.05, 0) is 49.3 Å². The van der Waals surface area contributed by atoms with Crippen LogP contribution in [0.4, 0.5) is 26.1 Å². The molecule has 1 saturated carbocycles. The molecule has 3 aliphatic rings. The highest BCUT2D eigenvalue weighted by Gasteiger charge is 2.36. The maximum absolute atomic E-state index is 15.6. The zero-order valence-electron chi connectivity index (χ0n) is 20.1. The molecular weight excluding hydrogens is 468 g/mol. The number of nitrogens with zero attached hydrogens (tertiary/aromatic N) is 4. The zero-order chi connectivity index (χ0) is 25.3. The molecule has 0 atom stereocenters. The fourth-order valence-corrected chi connectivity index (χ4v) is 4.93. The number of benzene rings is 1. The molecule has 5 rings (SSSR count). The number of amides is 2. The van der Waals surface area contributed by atoms with Crippen molar-refractivity contribution in [2.75, 3.05) is 41.7 Å². The van der Waals surface area contributed by atoms with Crippen LogP contribution in [0.5, 0.6) is 0 Å². The third-order valence-corrected chi connectivity index (χ3v) is 7.15. The maximum Gasteiger partial charge on any atom is 0.231 e. The lowest BCUT2D eigenvalue weighted by Crippen LogP contribution is -2.47. The molecule has 1 saturated heterocycles. The number of rotatable bonds is 9. The first-order chi connectivity index (χ1) is 17.3. The van der Waals surface area contributed by atoms with Crippen LogP contribution in [-0.2, 0) is 22.6 Å². The monoisotopic (exact) mass is 499 g/mol. The quantitative estimate of drug-likeness (QED) is 0.485. The number of piperidine rings is 1. The van der Waals surface area contributed by atoms with E-state index in [2.05, 4.69) is 26.7 Å². The van der Waals surface area contributed by atoms with Crippen molar-refractivity contribution in [2.45, 2.75) is 56.8 Å². The molecule has 0 spiro atoms. The van der Waals surface area contributed by atoms with Gasteiger partial charge < -0.3 is 21.3 Å². The Morgan fingerprint density at radius 2 is 2.03 bits per heavy atom. The fourth-order valence-electron chi connectivity index (χ4n) is 4.93. The van der Waals surface area contributed by atoms with E-state index >= 15 is 8.78 Å². The number of likely N-dealkylation sites (tertiary alicyclic amines) is 1. The number of carbonyl (C=O) groups is 2. The van der Waals surface area contributed by atoms with Gasteiger partial charge in [-0.1, -0.05) is 12.1 Å². The van der Waals surface area contributed by atoms with Crippen molar-refractivity contribution in [2.24, 2.45) is 5.73 Å². The number of carbonyl (C=O) groups excluding carboxylic acids is 2. The lowest BCUT2D eigenvalue weighted by Gasteiger charge is -2.36. The van der Waals surface area contributed by atoms with Crippen molar-refractivity contribution in [1.29, 1.82) is 0 Å². The standard InChI is InChI=1S/C25H31F2N7O2/c26-22-23(29-14-25(27)7-9-33(10-8-25)13-20(28)35)30-15-31-24(22)34(18-3-4-18)12-16-1-5-19-17(11-16)2-6-21(36)32-19/h1,5,11,15,18H,2-4,6-10,12-14H2,(H2,28,35)(H,32,36)(H,29,30,31). The van der Waals surface area contributed by atoms with Crippen LogP contribution in [-0.4, -0.2) is 64.6 Å². The summed E-state index contributed by atoms with van der Waals surface area (Å²) in [6, 6.07) is 6.07. The van der Waals surface area contributed by atoms with E-state index in [0.717, 1.165) is 29.7 Å². The van der Waals surface area contributed by atoms with E-state index in [1.165, 1.54) is 6.33 Å². The van der Waals surface area contributed by atoms with Crippen molar-refractivity contribution in [3.63, 3.8) is 0 Å². The third-order valence-electron chi connectivity index (χ3n) is 7.15. The average molecular weight is 500 g/mol. The molecular formula is C25H31F2N7O2. The zero-order valence-corrected chi connectivity index (χ0v) is 20.1. The van der Waals surface area contributed by atoms with Gasteiger partial charge in [0.1, 0.15) is 12.0 Å². The number of alkyl halides is 1. The molecule has 2 aromatic rings. The number of aromatic nitrogens is 2. The molecule has 2 amide bonds. The molecule has 0 radical (unpaired) electrons. The molecule has 1 aliphatic carbocycles. The summed E-state index contributed by atoms with van der Waals surface area (Å²) in [5, 5.41) is 5.75. The van der Waals surface area contributed by atoms with Crippen molar-refractivity contribution in [3.05, 3.63) is 41.5 Å². The number of fused-ring (bicyclic) bond motifs is 1. The van der Waals surface area contributed by atoms with Gasteiger partial charge in [0.15, 0.2) is 11.6 Å². The van der Waals surface area contributed by atoms with Crippen LogP contribution in [0.15, 0.2) is 24.5 Å². The summed E-state index contributed by atoms with van der Waals surface area (Å²) in [5.74, 6) is -0.827. The van der Waals surface area contributed by atoms with Gasteiger partial charge in [-0.15, -0.1) is 0 Å². The summed E-state index contributed by atoms with van der Waals surface area (Å²) in [4.78, 5) is 34.8. The number of aryl methyl sites for hydroxylation is 1. The van der Waals surface area contributed by atoms with Crippen LogP contribution >= 0.6 is 0 Å². The summed E-state index contributed by atoms with van der Waals surface area (Å²) in [7, 11) is 0. The molecule has 3 heterocycles. The highest BCUT2D eigenvalue weighted by Crippen LogP contribution is 2.36. The Morgan fingerprint density at radius 3 is 2.75 bits per heavy atom. The first kappa shape index (κ1) is 24.4. The Bertz CT molecular complexity index is 1150. The van der Waals surface area contributed by atoms with E-state index in [-0.39, 0.29) is 49.5 Å². The number of hydrogen-bond acceptors (Lipinski definition) is 7. The maximum atomic E-state index is 15.6. The van der Waals surface area contributed by atoms with Crippen molar-refractivity contribution < 1.29 is 18.4 Å². The second kappa shape index (κ2) is 9.96. The molecule has 4 N–H and O–H groups in total. The molecule has 1 aromatic heterocycles. The van der Waals surface area contributed by atoms with Gasteiger partial charge >= 0.3 is 0 Å². The van der Waals surface area contributed by atoms with Crippen molar-refractivity contribution in [3.8, 4) is 0 Å². The number of primary amides is 1. The highest BCUT2D eigenvalue weighted by molar-refractivity contribution is 5.93. The lowest BCUT2D eigenvalue weighted by atomic mass is 9.93. The number of hydrogen-bond donors (Lipinski definition) is 3. The minimum Gasteiger partial charge on any atom is -0.369 e. The molecule has 11 heteroatoms. The number of nitrogens with two attached hydrogens (primary N) is 1. The summed E-state index contributed by atoms with van der Waals surface area (Å²) in [6.45, 7) is 1.34. The van der Waals surface area contributed by atoms with Gasteiger partial charge in [0.05, 0.1) is 13.1 Å². The fraction of sp³-hybridized carbons (Fsp3) is 0.520. The lowest BCUT2D eigenvalue weighted by molar-refractivity contribution is -0.120. The van der Waals surface area contributed by atoms with Crippen LogP contribution in [0.25, 0.3) is 0 Å². The molecule has 2 fully saturated rings. The Balaban J connectivity index is 1.27. The second-order valence-corrected chi connectivity index (χ2v) is 10.0. The SMILES string of the molecule is NC(=O)CN1CCC(F)(CNc2ncnc(N(Cc3ccc4c(c3)CCC(=O)N4)C3CC3)c2F)CC1. The van der Waals surface area contributed by atoms with Gasteiger partial charge in [-0.25, -0.2) is 14.4 Å². The van der Waals surface area contributed by atoms with E-state index in [1.54, 1.807) is 0 Å². The smallest absolute Gasteiger partial charge is 0.231 e. The minimum absolute atomic E-state index is 0.0178. The van der Waals surface area contributed by atoms with Crippen LogP contribution in [0.1, 0.15) is 43.2 Å². The average Bonchev–Trinajstić information content (AvgIpc) is 3.69. The van der Waals surface area contributed by atoms with E-state index in [1.807, 2.05) is 21.9 Å². The van der Waals surface area contributed by atoms with E-state index in [0.29, 0.717) is 32.5 Å². The second-order valence-electron chi connectivity index (χ2n) is 10.0. The number of nitrogens with one attached hydrogen (secondary N) is 2. The highest BCUT2D eigenvalue weighted by atomic mass is 19.1. The number of anilines is 3. The van der Waals surface area contributed by atoms with Crippen LogP contribution in [0, 0.1) is 5.82 Å². The summed E-state index contributed by atoms with van der Waals surface area (Å²) >= 11 is 0. The van der Waals surface area contributed by atoms with Gasteiger partial charge in [0.25, 0.3) is 0 Å². The van der Waals surface area contributed by atoms with Crippen LogP contribution in [0.2, 0.25) is 0 Å². The Kier molecular flexibility index (Phi) is 6.74.